The summed E-state index contributed by atoms with van der Waals surface area (Å²) in [7, 11) is 0. The average molecular weight is 265 g/mol. The van der Waals surface area contributed by atoms with Gasteiger partial charge in [-0.1, -0.05) is 30.3 Å². The lowest BCUT2D eigenvalue weighted by Gasteiger charge is -2.07. The summed E-state index contributed by atoms with van der Waals surface area (Å²) in [5.74, 6) is 0.349. The van der Waals surface area contributed by atoms with E-state index in [-0.39, 0.29) is 12.2 Å². The van der Waals surface area contributed by atoms with Gasteiger partial charge in [0.1, 0.15) is 11.6 Å². The highest BCUT2D eigenvalue weighted by atomic mass is 19.1. The predicted molar refractivity (Wildman–Crippen MR) is 74.6 cm³/mol. The van der Waals surface area contributed by atoms with Crippen LogP contribution in [-0.2, 0) is 13.0 Å². The normalized spacial score (nSPS) is 10.6. The van der Waals surface area contributed by atoms with Crippen LogP contribution in [0.25, 0.3) is 11.0 Å². The number of halogens is 1. The first kappa shape index (κ1) is 12.4. The van der Waals surface area contributed by atoms with Crippen LogP contribution in [-0.4, -0.2) is 9.55 Å². The summed E-state index contributed by atoms with van der Waals surface area (Å²) in [5, 5.41) is 8.91. The molecule has 1 heterocycles. The number of benzene rings is 2. The van der Waals surface area contributed by atoms with Crippen LogP contribution in [0.1, 0.15) is 11.4 Å². The molecule has 0 bridgehead atoms. The van der Waals surface area contributed by atoms with Crippen molar-refractivity contribution in [2.24, 2.45) is 0 Å². The number of fused-ring (bicyclic) bond motifs is 1. The van der Waals surface area contributed by atoms with Gasteiger partial charge in [0.05, 0.1) is 23.5 Å². The lowest BCUT2D eigenvalue weighted by molar-refractivity contribution is 0.629. The molecular weight excluding hydrogens is 253 g/mol. The molecule has 2 aromatic carbocycles. The third-order valence-electron chi connectivity index (χ3n) is 3.21. The molecule has 0 fully saturated rings. The van der Waals surface area contributed by atoms with Gasteiger partial charge in [0.2, 0.25) is 0 Å². The van der Waals surface area contributed by atoms with E-state index in [9.17, 15) is 4.39 Å². The topological polar surface area (TPSA) is 41.6 Å². The second-order valence-electron chi connectivity index (χ2n) is 4.57. The molecule has 0 N–H and O–H groups in total. The number of nitriles is 1. The van der Waals surface area contributed by atoms with Crippen molar-refractivity contribution < 1.29 is 4.39 Å². The number of nitrogens with zero attached hydrogens (tertiary/aromatic N) is 3. The fraction of sp³-hybridized carbons (Fsp3) is 0.125. The van der Waals surface area contributed by atoms with Gasteiger partial charge in [-0.3, -0.25) is 0 Å². The van der Waals surface area contributed by atoms with E-state index in [0.29, 0.717) is 17.9 Å². The molecule has 98 valence electrons. The van der Waals surface area contributed by atoms with Crippen LogP contribution in [0.3, 0.4) is 0 Å². The Morgan fingerprint density at radius 2 is 1.95 bits per heavy atom. The van der Waals surface area contributed by atoms with Gasteiger partial charge in [-0.15, -0.1) is 0 Å². The monoisotopic (exact) mass is 265 g/mol. The molecular formula is C16H12FN3. The van der Waals surface area contributed by atoms with Crippen LogP contribution < -0.4 is 0 Å². The Morgan fingerprint density at radius 3 is 2.70 bits per heavy atom. The largest absolute Gasteiger partial charge is 0.323 e. The maximum atomic E-state index is 13.3. The zero-order valence-corrected chi connectivity index (χ0v) is 10.8. The summed E-state index contributed by atoms with van der Waals surface area (Å²) >= 11 is 0. The molecule has 3 aromatic rings. The molecule has 0 spiro atoms. The Kier molecular flexibility index (Phi) is 3.18. The van der Waals surface area contributed by atoms with Crippen LogP contribution in [0.4, 0.5) is 4.39 Å². The highest BCUT2D eigenvalue weighted by Crippen LogP contribution is 2.19. The molecule has 0 saturated heterocycles. The number of hydrogen-bond acceptors (Lipinski definition) is 2. The zero-order valence-electron chi connectivity index (χ0n) is 10.8. The fourth-order valence-corrected chi connectivity index (χ4v) is 2.30. The highest BCUT2D eigenvalue weighted by molar-refractivity contribution is 5.76. The van der Waals surface area contributed by atoms with Crippen LogP contribution in [0.15, 0.2) is 48.5 Å². The van der Waals surface area contributed by atoms with Crippen molar-refractivity contribution in [3.63, 3.8) is 0 Å². The molecule has 0 aliphatic heterocycles. The lowest BCUT2D eigenvalue weighted by atomic mass is 10.2. The Balaban J connectivity index is 2.12. The summed E-state index contributed by atoms with van der Waals surface area (Å²) in [6.45, 7) is 0.625. The van der Waals surface area contributed by atoms with E-state index < -0.39 is 0 Å². The zero-order chi connectivity index (χ0) is 13.9. The Labute approximate surface area is 115 Å². The van der Waals surface area contributed by atoms with Gasteiger partial charge in [0, 0.05) is 12.6 Å². The number of hydrogen-bond donors (Lipinski definition) is 0. The highest BCUT2D eigenvalue weighted by Gasteiger charge is 2.11. The third-order valence-corrected chi connectivity index (χ3v) is 3.21. The molecule has 20 heavy (non-hydrogen) atoms. The standard InChI is InChI=1S/C16H12FN3/c17-13-6-7-15-14(10-13)19-16(8-9-18)20(15)11-12-4-2-1-3-5-12/h1-7,10H,8,11H2. The van der Waals surface area contributed by atoms with Crippen LogP contribution >= 0.6 is 0 Å². The van der Waals surface area contributed by atoms with Crippen molar-refractivity contribution in [1.29, 1.82) is 5.26 Å². The molecule has 0 atom stereocenters. The Bertz CT molecular complexity index is 785. The molecule has 0 aliphatic carbocycles. The van der Waals surface area contributed by atoms with Gasteiger partial charge in [0.25, 0.3) is 0 Å². The van der Waals surface area contributed by atoms with Gasteiger partial charge in [-0.2, -0.15) is 5.26 Å². The first-order valence-electron chi connectivity index (χ1n) is 6.33. The second kappa shape index (κ2) is 5.14. The minimum atomic E-state index is -0.314. The predicted octanol–water partition coefficient (Wildman–Crippen LogP) is 3.29. The third kappa shape index (κ3) is 2.26. The van der Waals surface area contributed by atoms with E-state index in [4.69, 9.17) is 5.26 Å². The first-order chi connectivity index (χ1) is 9.78. The van der Waals surface area contributed by atoms with E-state index in [1.165, 1.54) is 12.1 Å². The molecule has 0 radical (unpaired) electrons. The van der Waals surface area contributed by atoms with Crippen molar-refractivity contribution in [1.82, 2.24) is 9.55 Å². The van der Waals surface area contributed by atoms with Crippen molar-refractivity contribution in [3.8, 4) is 6.07 Å². The van der Waals surface area contributed by atoms with Gasteiger partial charge >= 0.3 is 0 Å². The van der Waals surface area contributed by atoms with Crippen molar-refractivity contribution >= 4 is 11.0 Å². The van der Waals surface area contributed by atoms with Crippen LogP contribution in [0.5, 0.6) is 0 Å². The minimum Gasteiger partial charge on any atom is -0.323 e. The molecule has 0 unspecified atom stereocenters. The van der Waals surface area contributed by atoms with Gasteiger partial charge in [-0.05, 0) is 17.7 Å². The molecule has 0 saturated carbocycles. The second-order valence-corrected chi connectivity index (χ2v) is 4.57. The van der Waals surface area contributed by atoms with Crippen molar-refractivity contribution in [2.75, 3.05) is 0 Å². The van der Waals surface area contributed by atoms with E-state index in [1.54, 1.807) is 6.07 Å². The fourth-order valence-electron chi connectivity index (χ4n) is 2.30. The summed E-state index contributed by atoms with van der Waals surface area (Å²) in [5.41, 5.74) is 2.56. The first-order valence-corrected chi connectivity index (χ1v) is 6.33. The van der Waals surface area contributed by atoms with Crippen molar-refractivity contribution in [2.45, 2.75) is 13.0 Å². The molecule has 1 aromatic heterocycles. The van der Waals surface area contributed by atoms with E-state index in [1.807, 2.05) is 34.9 Å². The quantitative estimate of drug-likeness (QED) is 0.729. The Morgan fingerprint density at radius 1 is 1.15 bits per heavy atom. The van der Waals surface area contributed by atoms with E-state index in [0.717, 1.165) is 11.1 Å². The summed E-state index contributed by atoms with van der Waals surface area (Å²) in [4.78, 5) is 4.36. The van der Waals surface area contributed by atoms with Crippen molar-refractivity contribution in [3.05, 3.63) is 65.7 Å². The smallest absolute Gasteiger partial charge is 0.125 e. The van der Waals surface area contributed by atoms with Gasteiger partial charge in [0.15, 0.2) is 0 Å². The molecule has 3 nitrogen and oxygen atoms in total. The van der Waals surface area contributed by atoms with Gasteiger partial charge < -0.3 is 4.57 Å². The minimum absolute atomic E-state index is 0.211. The number of rotatable bonds is 3. The average Bonchev–Trinajstić information content (AvgIpc) is 2.77. The Hall–Kier alpha value is -2.67. The van der Waals surface area contributed by atoms with Gasteiger partial charge in [-0.25, -0.2) is 9.37 Å². The summed E-state index contributed by atoms with van der Waals surface area (Å²) in [6.07, 6.45) is 0.211. The summed E-state index contributed by atoms with van der Waals surface area (Å²) in [6, 6.07) is 16.6. The molecule has 0 aliphatic rings. The number of imidazole rings is 1. The van der Waals surface area contributed by atoms with E-state index in [2.05, 4.69) is 11.1 Å². The molecule has 4 heteroatoms. The maximum absolute atomic E-state index is 13.3. The van der Waals surface area contributed by atoms with Crippen LogP contribution in [0, 0.1) is 17.1 Å². The molecule has 0 amide bonds. The summed E-state index contributed by atoms with van der Waals surface area (Å²) < 4.78 is 15.2. The lowest BCUT2D eigenvalue weighted by Crippen LogP contribution is -2.04. The van der Waals surface area contributed by atoms with E-state index >= 15 is 0 Å². The SMILES string of the molecule is N#CCc1nc2cc(F)ccc2n1Cc1ccccc1. The van der Waals surface area contributed by atoms with Crippen LogP contribution in [0.2, 0.25) is 0 Å². The molecule has 3 rings (SSSR count). The maximum Gasteiger partial charge on any atom is 0.125 e. The number of aromatic nitrogens is 2.